The number of nitrogens with zero attached hydrogens (tertiary/aromatic N) is 1. The lowest BCUT2D eigenvalue weighted by Gasteiger charge is -2.29. The lowest BCUT2D eigenvalue weighted by molar-refractivity contribution is 0.0806. The summed E-state index contributed by atoms with van der Waals surface area (Å²) in [5.74, 6) is 0.373. The van der Waals surface area contributed by atoms with Crippen LogP contribution in [-0.2, 0) is 11.8 Å². The van der Waals surface area contributed by atoms with Crippen molar-refractivity contribution in [2.75, 3.05) is 6.54 Å². The van der Waals surface area contributed by atoms with E-state index in [4.69, 9.17) is 0 Å². The van der Waals surface area contributed by atoms with Gasteiger partial charge in [0.1, 0.15) is 5.69 Å². The van der Waals surface area contributed by atoms with Gasteiger partial charge in [-0.25, -0.2) is 0 Å². The predicted molar refractivity (Wildman–Crippen MR) is 107 cm³/mol. The quantitative estimate of drug-likeness (QED) is 0.736. The number of piperidine rings is 1. The molecule has 1 N–H and O–H groups in total. The molecule has 4 heteroatoms. The third-order valence-corrected chi connectivity index (χ3v) is 6.77. The molecule has 1 amide bonds. The van der Waals surface area contributed by atoms with Gasteiger partial charge in [-0.15, -0.1) is 0 Å². The van der Waals surface area contributed by atoms with Crippen LogP contribution in [0.3, 0.4) is 0 Å². The van der Waals surface area contributed by atoms with E-state index in [1.165, 1.54) is 5.56 Å². The first-order valence-corrected chi connectivity index (χ1v) is 9.91. The van der Waals surface area contributed by atoms with Gasteiger partial charge in [-0.2, -0.15) is 0 Å². The second-order valence-corrected chi connectivity index (χ2v) is 8.19. The van der Waals surface area contributed by atoms with Crippen LogP contribution in [0.1, 0.15) is 45.3 Å². The Morgan fingerprint density at radius 1 is 1.21 bits per heavy atom. The van der Waals surface area contributed by atoms with Gasteiger partial charge in [-0.05, 0) is 48.1 Å². The number of carbonyl (C=O) groups excluding carboxylic acids is 2. The highest BCUT2D eigenvalue weighted by Gasteiger charge is 2.67. The normalized spacial score (nSPS) is 24.6. The minimum Gasteiger partial charge on any atom is -0.351 e. The number of aryl methyl sites for hydroxylation is 1. The van der Waals surface area contributed by atoms with Crippen LogP contribution in [0, 0.1) is 5.92 Å². The van der Waals surface area contributed by atoms with Gasteiger partial charge in [0.05, 0.1) is 0 Å². The number of benzene rings is 2. The van der Waals surface area contributed by atoms with E-state index in [1.807, 2.05) is 35.2 Å². The zero-order valence-corrected chi connectivity index (χ0v) is 15.7. The Labute approximate surface area is 162 Å². The highest BCUT2D eigenvalue weighted by molar-refractivity contribution is 6.10. The molecule has 1 saturated carbocycles. The number of carbonyl (C=O) groups is 2. The summed E-state index contributed by atoms with van der Waals surface area (Å²) in [5.41, 5.74) is 5.46. The minimum atomic E-state index is -0.137. The molecule has 0 bridgehead atoms. The number of aromatic amines is 1. The zero-order valence-electron chi connectivity index (χ0n) is 15.7. The monoisotopic (exact) mass is 368 g/mol. The van der Waals surface area contributed by atoms with E-state index in [1.54, 1.807) is 6.08 Å². The first-order chi connectivity index (χ1) is 13.6. The van der Waals surface area contributed by atoms with Gasteiger partial charge in [-0.3, -0.25) is 9.59 Å². The molecule has 28 heavy (non-hydrogen) atoms. The van der Waals surface area contributed by atoms with Crippen molar-refractivity contribution in [3.05, 3.63) is 82.7 Å². The maximum Gasteiger partial charge on any atom is 0.274 e. The number of rotatable bonds is 2. The zero-order chi connectivity index (χ0) is 19.0. The number of ketones is 1. The fourth-order valence-electron chi connectivity index (χ4n) is 5.24. The first kappa shape index (κ1) is 15.9. The standard InChI is InChI=1S/C24H20N2O2/c1-2-14-7-8-19-15(9-14)10-20(25-19)23(28)26-13-16-12-24(16)18-6-4-3-5-17(18)21(27)11-22(24)26/h3-11,16,25H,2,12-13H2,1H3/t16-,24-/m1/s1. The van der Waals surface area contributed by atoms with Gasteiger partial charge in [0, 0.05) is 40.2 Å². The average molecular weight is 368 g/mol. The second kappa shape index (κ2) is 5.22. The van der Waals surface area contributed by atoms with Crippen LogP contribution in [0.5, 0.6) is 0 Å². The molecule has 2 fully saturated rings. The van der Waals surface area contributed by atoms with Gasteiger partial charge in [0.25, 0.3) is 5.91 Å². The van der Waals surface area contributed by atoms with Crippen molar-refractivity contribution in [1.29, 1.82) is 0 Å². The summed E-state index contributed by atoms with van der Waals surface area (Å²) in [7, 11) is 0. The summed E-state index contributed by atoms with van der Waals surface area (Å²) >= 11 is 0. The number of fused-ring (bicyclic) bond motifs is 2. The van der Waals surface area contributed by atoms with Crippen LogP contribution in [-0.4, -0.2) is 28.1 Å². The van der Waals surface area contributed by atoms with Crippen molar-refractivity contribution in [3.63, 3.8) is 0 Å². The molecule has 4 nitrogen and oxygen atoms in total. The van der Waals surface area contributed by atoms with Crippen molar-refractivity contribution >= 4 is 22.6 Å². The third-order valence-electron chi connectivity index (χ3n) is 6.77. The summed E-state index contributed by atoms with van der Waals surface area (Å²) in [6, 6.07) is 16.1. The summed E-state index contributed by atoms with van der Waals surface area (Å²) in [5, 5.41) is 1.06. The number of hydrogen-bond donors (Lipinski definition) is 1. The molecule has 1 aliphatic heterocycles. The van der Waals surface area contributed by atoms with Crippen molar-refractivity contribution in [2.45, 2.75) is 25.2 Å². The number of hydrogen-bond acceptors (Lipinski definition) is 2. The van der Waals surface area contributed by atoms with Crippen LogP contribution in [0.25, 0.3) is 10.9 Å². The van der Waals surface area contributed by atoms with Crippen molar-refractivity contribution in [3.8, 4) is 0 Å². The molecule has 2 heterocycles. The largest absolute Gasteiger partial charge is 0.351 e. The molecule has 2 aliphatic carbocycles. The topological polar surface area (TPSA) is 53.2 Å². The molecular weight excluding hydrogens is 348 g/mol. The number of amides is 1. The van der Waals surface area contributed by atoms with Gasteiger partial charge in [0.15, 0.2) is 5.78 Å². The first-order valence-electron chi connectivity index (χ1n) is 9.91. The lowest BCUT2D eigenvalue weighted by atomic mass is 9.81. The van der Waals surface area contributed by atoms with Gasteiger partial charge in [0.2, 0.25) is 0 Å². The number of allylic oxidation sites excluding steroid dienone is 2. The Morgan fingerprint density at radius 2 is 2.07 bits per heavy atom. The smallest absolute Gasteiger partial charge is 0.274 e. The maximum atomic E-state index is 13.3. The predicted octanol–water partition coefficient (Wildman–Crippen LogP) is 4.22. The molecule has 2 aromatic carbocycles. The SMILES string of the molecule is CCc1ccc2[nH]c(C(=O)N3C[C@H]4C[C@@]45C3=CC(=O)c3ccccc35)cc2c1. The Hall–Kier alpha value is -3.14. The van der Waals surface area contributed by atoms with E-state index < -0.39 is 0 Å². The van der Waals surface area contributed by atoms with Crippen LogP contribution in [0.2, 0.25) is 0 Å². The number of H-pyrrole nitrogens is 1. The fourth-order valence-corrected chi connectivity index (χ4v) is 5.24. The molecule has 1 aromatic heterocycles. The van der Waals surface area contributed by atoms with E-state index in [9.17, 15) is 9.59 Å². The highest BCUT2D eigenvalue weighted by atomic mass is 16.2. The molecule has 6 rings (SSSR count). The maximum absolute atomic E-state index is 13.3. The van der Waals surface area contributed by atoms with Crippen molar-refractivity contribution in [2.24, 2.45) is 5.92 Å². The van der Waals surface area contributed by atoms with Crippen LogP contribution in [0.4, 0.5) is 0 Å². The summed E-state index contributed by atoms with van der Waals surface area (Å²) < 4.78 is 0. The summed E-state index contributed by atoms with van der Waals surface area (Å²) in [4.78, 5) is 31.1. The molecule has 3 aliphatic rings. The van der Waals surface area contributed by atoms with Gasteiger partial charge >= 0.3 is 0 Å². The molecule has 138 valence electrons. The molecular formula is C24H20N2O2. The second-order valence-electron chi connectivity index (χ2n) is 8.19. The van der Waals surface area contributed by atoms with Gasteiger partial charge < -0.3 is 9.88 Å². The van der Waals surface area contributed by atoms with E-state index in [0.29, 0.717) is 18.2 Å². The van der Waals surface area contributed by atoms with Crippen LogP contribution < -0.4 is 0 Å². The molecule has 0 radical (unpaired) electrons. The van der Waals surface area contributed by atoms with Crippen LogP contribution >= 0.6 is 0 Å². The van der Waals surface area contributed by atoms with Gasteiger partial charge in [-0.1, -0.05) is 37.3 Å². The fraction of sp³-hybridized carbons (Fsp3) is 0.250. The molecule has 1 spiro atoms. The number of nitrogens with one attached hydrogen (secondary N) is 1. The third kappa shape index (κ3) is 1.90. The van der Waals surface area contributed by atoms with Crippen LogP contribution in [0.15, 0.2) is 60.3 Å². The Balaban J connectivity index is 1.41. The van der Waals surface area contributed by atoms with E-state index in [2.05, 4.69) is 30.1 Å². The molecule has 1 saturated heterocycles. The summed E-state index contributed by atoms with van der Waals surface area (Å²) in [6.07, 6.45) is 3.69. The number of likely N-dealkylation sites (tertiary alicyclic amines) is 1. The van der Waals surface area contributed by atoms with E-state index in [0.717, 1.165) is 40.6 Å². The summed E-state index contributed by atoms with van der Waals surface area (Å²) in [6.45, 7) is 2.81. The molecule has 0 unspecified atom stereocenters. The highest BCUT2D eigenvalue weighted by Crippen LogP contribution is 2.66. The molecule has 2 atom stereocenters. The van der Waals surface area contributed by atoms with Crippen molar-refractivity contribution < 1.29 is 9.59 Å². The Bertz CT molecular complexity index is 1220. The Kier molecular flexibility index (Phi) is 2.96. The van der Waals surface area contributed by atoms with Crippen molar-refractivity contribution in [1.82, 2.24) is 9.88 Å². The Morgan fingerprint density at radius 3 is 2.93 bits per heavy atom. The van der Waals surface area contributed by atoms with E-state index in [-0.39, 0.29) is 17.1 Å². The minimum absolute atomic E-state index is 0.00538. The lowest BCUT2D eigenvalue weighted by Crippen LogP contribution is -2.33. The van der Waals surface area contributed by atoms with E-state index >= 15 is 0 Å². The molecule has 3 aromatic rings. The number of aromatic nitrogens is 1. The average Bonchev–Trinajstić information content (AvgIpc) is 3.12.